The molecule has 0 saturated heterocycles. The SMILES string of the molecule is C/C(=C\c1ccc(-c2ccc(C#N)cc2Cl)s1)C(N)=O. The molecule has 3 nitrogen and oxygen atoms in total. The summed E-state index contributed by atoms with van der Waals surface area (Å²) in [6, 6.07) is 11.1. The Hall–Kier alpha value is -2.09. The highest BCUT2D eigenvalue weighted by molar-refractivity contribution is 7.16. The maximum absolute atomic E-state index is 11.0. The Morgan fingerprint density at radius 2 is 2.15 bits per heavy atom. The lowest BCUT2D eigenvalue weighted by atomic mass is 10.1. The van der Waals surface area contributed by atoms with Crippen molar-refractivity contribution in [1.82, 2.24) is 0 Å². The quantitative estimate of drug-likeness (QED) is 0.876. The van der Waals surface area contributed by atoms with Crippen LogP contribution in [-0.2, 0) is 4.79 Å². The number of benzene rings is 1. The first kappa shape index (κ1) is 14.3. The molecule has 0 saturated carbocycles. The van der Waals surface area contributed by atoms with Crippen molar-refractivity contribution >= 4 is 34.9 Å². The number of thiophene rings is 1. The number of nitrogens with two attached hydrogens (primary N) is 1. The topological polar surface area (TPSA) is 66.9 Å². The summed E-state index contributed by atoms with van der Waals surface area (Å²) >= 11 is 7.68. The van der Waals surface area contributed by atoms with Crippen LogP contribution in [0.15, 0.2) is 35.9 Å². The number of halogens is 1. The van der Waals surface area contributed by atoms with Crippen molar-refractivity contribution in [3.05, 3.63) is 51.4 Å². The first-order chi connectivity index (χ1) is 9.51. The van der Waals surface area contributed by atoms with Gasteiger partial charge >= 0.3 is 0 Å². The number of nitriles is 1. The van der Waals surface area contributed by atoms with E-state index in [-0.39, 0.29) is 0 Å². The van der Waals surface area contributed by atoms with Gasteiger partial charge in [0, 0.05) is 20.9 Å². The second kappa shape index (κ2) is 5.91. The van der Waals surface area contributed by atoms with Gasteiger partial charge in [-0.25, -0.2) is 0 Å². The molecule has 20 heavy (non-hydrogen) atoms. The van der Waals surface area contributed by atoms with Crippen LogP contribution in [0.4, 0.5) is 0 Å². The monoisotopic (exact) mass is 302 g/mol. The number of primary amides is 1. The summed E-state index contributed by atoms with van der Waals surface area (Å²) in [4.78, 5) is 12.9. The van der Waals surface area contributed by atoms with E-state index in [1.54, 1.807) is 25.1 Å². The van der Waals surface area contributed by atoms with Gasteiger partial charge in [-0.05, 0) is 37.3 Å². The van der Waals surface area contributed by atoms with Crippen LogP contribution in [0.1, 0.15) is 17.4 Å². The van der Waals surface area contributed by atoms with Crippen LogP contribution < -0.4 is 5.73 Å². The van der Waals surface area contributed by atoms with Crippen molar-refractivity contribution < 1.29 is 4.79 Å². The molecule has 0 fully saturated rings. The zero-order valence-electron chi connectivity index (χ0n) is 10.7. The molecular formula is C15H11ClN2OS. The molecule has 0 aliphatic heterocycles. The van der Waals surface area contributed by atoms with Gasteiger partial charge in [0.15, 0.2) is 0 Å². The third kappa shape index (κ3) is 3.08. The third-order valence-corrected chi connectivity index (χ3v) is 4.12. The van der Waals surface area contributed by atoms with Gasteiger partial charge < -0.3 is 5.73 Å². The standard InChI is InChI=1S/C15H11ClN2OS/c1-9(15(18)19)6-11-3-5-14(20-11)12-4-2-10(8-17)7-13(12)16/h2-7H,1H3,(H2,18,19)/b9-6+. The van der Waals surface area contributed by atoms with Crippen LogP contribution in [0.3, 0.4) is 0 Å². The summed E-state index contributed by atoms with van der Waals surface area (Å²) < 4.78 is 0. The van der Waals surface area contributed by atoms with Crippen LogP contribution in [0.5, 0.6) is 0 Å². The van der Waals surface area contributed by atoms with Gasteiger partial charge in [-0.15, -0.1) is 11.3 Å². The van der Waals surface area contributed by atoms with Crippen molar-refractivity contribution in [1.29, 1.82) is 5.26 Å². The van der Waals surface area contributed by atoms with Crippen LogP contribution in [0.25, 0.3) is 16.5 Å². The molecule has 0 aliphatic rings. The Morgan fingerprint density at radius 3 is 2.75 bits per heavy atom. The molecule has 0 radical (unpaired) electrons. The van der Waals surface area contributed by atoms with Gasteiger partial charge in [0.1, 0.15) is 0 Å². The Bertz CT molecular complexity index is 741. The lowest BCUT2D eigenvalue weighted by molar-refractivity contribution is -0.114. The first-order valence-corrected chi connectivity index (χ1v) is 6.98. The molecule has 2 aromatic rings. The Kier molecular flexibility index (Phi) is 4.23. The fraction of sp³-hybridized carbons (Fsp3) is 0.0667. The van der Waals surface area contributed by atoms with Crippen molar-refractivity contribution in [2.45, 2.75) is 6.92 Å². The third-order valence-electron chi connectivity index (χ3n) is 2.74. The number of nitrogens with zero attached hydrogens (tertiary/aromatic N) is 1. The average Bonchev–Trinajstić information content (AvgIpc) is 2.86. The summed E-state index contributed by atoms with van der Waals surface area (Å²) in [5.41, 5.74) is 7.10. The fourth-order valence-electron chi connectivity index (χ4n) is 1.64. The van der Waals surface area contributed by atoms with E-state index in [0.717, 1.165) is 15.3 Å². The van der Waals surface area contributed by atoms with Crippen molar-refractivity contribution in [3.8, 4) is 16.5 Å². The molecule has 0 atom stereocenters. The van der Waals surface area contributed by atoms with Crippen LogP contribution >= 0.6 is 22.9 Å². The summed E-state index contributed by atoms with van der Waals surface area (Å²) in [6.45, 7) is 1.68. The number of carbonyl (C=O) groups excluding carboxylic acids is 1. The summed E-state index contributed by atoms with van der Waals surface area (Å²) in [6.07, 6.45) is 1.74. The van der Waals surface area contributed by atoms with Gasteiger partial charge in [0.25, 0.3) is 0 Å². The summed E-state index contributed by atoms with van der Waals surface area (Å²) in [7, 11) is 0. The number of carbonyl (C=O) groups is 1. The lowest BCUT2D eigenvalue weighted by Gasteiger charge is -2.01. The van der Waals surface area contributed by atoms with E-state index in [2.05, 4.69) is 0 Å². The largest absolute Gasteiger partial charge is 0.366 e. The Labute approximate surface area is 125 Å². The van der Waals surface area contributed by atoms with Gasteiger partial charge in [0.05, 0.1) is 16.7 Å². The molecular weight excluding hydrogens is 292 g/mol. The lowest BCUT2D eigenvalue weighted by Crippen LogP contribution is -2.11. The second-order valence-electron chi connectivity index (χ2n) is 4.20. The van der Waals surface area contributed by atoms with E-state index in [9.17, 15) is 4.79 Å². The van der Waals surface area contributed by atoms with Crippen molar-refractivity contribution in [2.24, 2.45) is 5.73 Å². The van der Waals surface area contributed by atoms with E-state index in [1.165, 1.54) is 11.3 Å². The Balaban J connectivity index is 2.37. The predicted octanol–water partition coefficient (Wildman–Crippen LogP) is 3.83. The molecule has 2 N–H and O–H groups in total. The van der Waals surface area contributed by atoms with Gasteiger partial charge in [-0.3, -0.25) is 4.79 Å². The highest BCUT2D eigenvalue weighted by Gasteiger charge is 2.08. The zero-order chi connectivity index (χ0) is 14.7. The maximum atomic E-state index is 11.0. The van der Waals surface area contributed by atoms with Gasteiger partial charge in [-0.2, -0.15) is 5.26 Å². The molecule has 2 rings (SSSR count). The minimum Gasteiger partial charge on any atom is -0.366 e. The van der Waals surface area contributed by atoms with E-state index in [1.807, 2.05) is 24.3 Å². The number of rotatable bonds is 3. The Morgan fingerprint density at radius 1 is 1.40 bits per heavy atom. The molecule has 5 heteroatoms. The number of hydrogen-bond donors (Lipinski definition) is 1. The average molecular weight is 303 g/mol. The minimum atomic E-state index is -0.434. The minimum absolute atomic E-state index is 0.434. The van der Waals surface area contributed by atoms with Gasteiger partial charge in [0.2, 0.25) is 5.91 Å². The smallest absolute Gasteiger partial charge is 0.244 e. The van der Waals surface area contributed by atoms with E-state index >= 15 is 0 Å². The molecule has 0 spiro atoms. The molecule has 1 amide bonds. The van der Waals surface area contributed by atoms with E-state index < -0.39 is 5.91 Å². The fourth-order valence-corrected chi connectivity index (χ4v) is 3.03. The van der Waals surface area contributed by atoms with Crippen molar-refractivity contribution in [2.75, 3.05) is 0 Å². The predicted molar refractivity (Wildman–Crippen MR) is 82.3 cm³/mol. The highest BCUT2D eigenvalue weighted by Crippen LogP contribution is 2.34. The number of hydrogen-bond acceptors (Lipinski definition) is 3. The molecule has 0 aliphatic carbocycles. The normalized spacial score (nSPS) is 11.2. The van der Waals surface area contributed by atoms with Crippen LogP contribution in [0, 0.1) is 11.3 Å². The van der Waals surface area contributed by atoms with Crippen LogP contribution in [0.2, 0.25) is 5.02 Å². The number of amides is 1. The molecule has 1 aromatic carbocycles. The molecule has 0 bridgehead atoms. The van der Waals surface area contributed by atoms with Crippen molar-refractivity contribution in [3.63, 3.8) is 0 Å². The summed E-state index contributed by atoms with van der Waals surface area (Å²) in [5, 5.41) is 9.36. The highest BCUT2D eigenvalue weighted by atomic mass is 35.5. The molecule has 100 valence electrons. The molecule has 0 unspecified atom stereocenters. The zero-order valence-corrected chi connectivity index (χ0v) is 12.3. The van der Waals surface area contributed by atoms with E-state index in [4.69, 9.17) is 22.6 Å². The summed E-state index contributed by atoms with van der Waals surface area (Å²) in [5.74, 6) is -0.434. The van der Waals surface area contributed by atoms with E-state index in [0.29, 0.717) is 16.2 Å². The second-order valence-corrected chi connectivity index (χ2v) is 5.72. The first-order valence-electron chi connectivity index (χ1n) is 5.79. The maximum Gasteiger partial charge on any atom is 0.244 e. The molecule has 1 aromatic heterocycles. The van der Waals surface area contributed by atoms with Crippen LogP contribution in [-0.4, -0.2) is 5.91 Å². The molecule has 1 heterocycles. The van der Waals surface area contributed by atoms with Gasteiger partial charge in [-0.1, -0.05) is 17.7 Å².